The molecule has 0 aliphatic carbocycles. The SMILES string of the molecule is Cc1nn(-c2ccccc2)cc1CNCC(C)(C)CC(C)O. The van der Waals surface area contributed by atoms with E-state index in [0.29, 0.717) is 0 Å². The second-order valence-electron chi connectivity index (χ2n) is 6.84. The number of hydrogen-bond acceptors (Lipinski definition) is 3. The van der Waals surface area contributed by atoms with Gasteiger partial charge in [0.05, 0.1) is 17.5 Å². The highest BCUT2D eigenvalue weighted by Crippen LogP contribution is 2.21. The normalized spacial score (nSPS) is 13.3. The lowest BCUT2D eigenvalue weighted by Gasteiger charge is -2.26. The van der Waals surface area contributed by atoms with Crippen molar-refractivity contribution in [2.75, 3.05) is 6.54 Å². The number of rotatable bonds is 7. The Bertz CT molecular complexity index is 588. The summed E-state index contributed by atoms with van der Waals surface area (Å²) in [4.78, 5) is 0. The van der Waals surface area contributed by atoms with Crippen molar-refractivity contribution in [2.45, 2.75) is 46.8 Å². The summed E-state index contributed by atoms with van der Waals surface area (Å²) in [5.41, 5.74) is 3.41. The summed E-state index contributed by atoms with van der Waals surface area (Å²) in [6.07, 6.45) is 2.61. The van der Waals surface area contributed by atoms with Crippen LogP contribution in [0.1, 0.15) is 38.4 Å². The largest absolute Gasteiger partial charge is 0.393 e. The standard InChI is InChI=1S/C18H27N3O/c1-14(22)10-18(3,4)13-19-11-16-12-21(20-15(16)2)17-8-6-5-7-9-17/h5-9,12,14,19,22H,10-11,13H2,1-4H3. The van der Waals surface area contributed by atoms with E-state index in [9.17, 15) is 5.11 Å². The van der Waals surface area contributed by atoms with Crippen LogP contribution in [0.3, 0.4) is 0 Å². The quantitative estimate of drug-likeness (QED) is 0.826. The molecule has 0 fully saturated rings. The predicted octanol–water partition coefficient (Wildman–Crippen LogP) is 3.07. The highest BCUT2D eigenvalue weighted by Gasteiger charge is 2.20. The van der Waals surface area contributed by atoms with Crippen LogP contribution in [0, 0.1) is 12.3 Å². The maximum absolute atomic E-state index is 9.54. The molecule has 1 atom stereocenters. The molecule has 4 heteroatoms. The summed E-state index contributed by atoms with van der Waals surface area (Å²) in [6, 6.07) is 10.1. The Labute approximate surface area is 133 Å². The lowest BCUT2D eigenvalue weighted by molar-refractivity contribution is 0.128. The molecule has 0 bridgehead atoms. The number of para-hydroxylation sites is 1. The van der Waals surface area contributed by atoms with E-state index in [1.807, 2.05) is 36.7 Å². The minimum Gasteiger partial charge on any atom is -0.393 e. The van der Waals surface area contributed by atoms with Crippen LogP contribution in [-0.4, -0.2) is 27.5 Å². The number of aryl methyl sites for hydroxylation is 1. The maximum Gasteiger partial charge on any atom is 0.0645 e. The first-order chi connectivity index (χ1) is 10.4. The molecule has 2 rings (SSSR count). The van der Waals surface area contributed by atoms with E-state index in [4.69, 9.17) is 0 Å². The van der Waals surface area contributed by atoms with Gasteiger partial charge in [-0.2, -0.15) is 5.10 Å². The molecule has 0 spiro atoms. The molecule has 120 valence electrons. The van der Waals surface area contributed by atoms with Crippen LogP contribution in [0.5, 0.6) is 0 Å². The summed E-state index contributed by atoms with van der Waals surface area (Å²) >= 11 is 0. The zero-order chi connectivity index (χ0) is 16.2. The number of benzene rings is 1. The van der Waals surface area contributed by atoms with Gasteiger partial charge >= 0.3 is 0 Å². The minimum absolute atomic E-state index is 0.0808. The Balaban J connectivity index is 1.96. The van der Waals surface area contributed by atoms with E-state index in [2.05, 4.69) is 42.6 Å². The van der Waals surface area contributed by atoms with Gasteiger partial charge in [0, 0.05) is 24.8 Å². The third kappa shape index (κ3) is 4.68. The maximum atomic E-state index is 9.54. The molecule has 0 amide bonds. The Kier molecular flexibility index (Phi) is 5.37. The van der Waals surface area contributed by atoms with Crippen molar-refractivity contribution in [2.24, 2.45) is 5.41 Å². The summed E-state index contributed by atoms with van der Waals surface area (Å²) in [5.74, 6) is 0. The average molecular weight is 301 g/mol. The molecular weight excluding hydrogens is 274 g/mol. The number of nitrogens with zero attached hydrogens (tertiary/aromatic N) is 2. The van der Waals surface area contributed by atoms with Crippen LogP contribution in [0.4, 0.5) is 0 Å². The Morgan fingerprint density at radius 3 is 2.59 bits per heavy atom. The molecule has 1 aromatic carbocycles. The van der Waals surface area contributed by atoms with Crippen molar-refractivity contribution in [1.82, 2.24) is 15.1 Å². The van der Waals surface area contributed by atoms with Crippen molar-refractivity contribution in [3.63, 3.8) is 0 Å². The lowest BCUT2D eigenvalue weighted by atomic mass is 9.87. The van der Waals surface area contributed by atoms with Gasteiger partial charge < -0.3 is 10.4 Å². The zero-order valence-corrected chi connectivity index (χ0v) is 14.0. The fourth-order valence-corrected chi connectivity index (χ4v) is 2.79. The monoisotopic (exact) mass is 301 g/mol. The molecule has 0 aliphatic heterocycles. The topological polar surface area (TPSA) is 50.1 Å². The van der Waals surface area contributed by atoms with Gasteiger partial charge in [-0.3, -0.25) is 0 Å². The van der Waals surface area contributed by atoms with E-state index >= 15 is 0 Å². The molecule has 1 unspecified atom stereocenters. The number of aliphatic hydroxyl groups is 1. The Morgan fingerprint density at radius 2 is 1.95 bits per heavy atom. The number of aromatic nitrogens is 2. The molecule has 0 radical (unpaired) electrons. The van der Waals surface area contributed by atoms with E-state index < -0.39 is 0 Å². The molecule has 0 saturated carbocycles. The summed E-state index contributed by atoms with van der Waals surface area (Å²) in [5, 5.41) is 17.6. The number of hydrogen-bond donors (Lipinski definition) is 2. The van der Waals surface area contributed by atoms with Crippen LogP contribution in [0.15, 0.2) is 36.5 Å². The first kappa shape index (κ1) is 16.7. The number of nitrogens with one attached hydrogen (secondary N) is 1. The van der Waals surface area contributed by atoms with Crippen LogP contribution in [-0.2, 0) is 6.54 Å². The third-order valence-electron chi connectivity index (χ3n) is 3.79. The molecule has 22 heavy (non-hydrogen) atoms. The smallest absolute Gasteiger partial charge is 0.0645 e. The molecule has 2 aromatic rings. The summed E-state index contributed by atoms with van der Waals surface area (Å²) in [7, 11) is 0. The van der Waals surface area contributed by atoms with Crippen molar-refractivity contribution >= 4 is 0 Å². The van der Waals surface area contributed by atoms with Crippen molar-refractivity contribution < 1.29 is 5.11 Å². The average Bonchev–Trinajstić information content (AvgIpc) is 2.80. The van der Waals surface area contributed by atoms with Gasteiger partial charge in [0.1, 0.15) is 0 Å². The van der Waals surface area contributed by atoms with E-state index in [-0.39, 0.29) is 11.5 Å². The van der Waals surface area contributed by atoms with Crippen LogP contribution < -0.4 is 5.32 Å². The second-order valence-corrected chi connectivity index (χ2v) is 6.84. The summed E-state index contributed by atoms with van der Waals surface area (Å²) in [6.45, 7) is 9.89. The third-order valence-corrected chi connectivity index (χ3v) is 3.79. The second kappa shape index (κ2) is 7.07. The lowest BCUT2D eigenvalue weighted by Crippen LogP contribution is -2.31. The van der Waals surface area contributed by atoms with E-state index in [1.165, 1.54) is 5.56 Å². The molecule has 0 aliphatic rings. The molecular formula is C18H27N3O. The van der Waals surface area contributed by atoms with Crippen molar-refractivity contribution in [1.29, 1.82) is 0 Å². The van der Waals surface area contributed by atoms with Crippen LogP contribution >= 0.6 is 0 Å². The molecule has 1 aromatic heterocycles. The van der Waals surface area contributed by atoms with Crippen molar-refractivity contribution in [3.05, 3.63) is 47.8 Å². The van der Waals surface area contributed by atoms with E-state index in [1.54, 1.807) is 0 Å². The molecule has 0 saturated heterocycles. The van der Waals surface area contributed by atoms with Gasteiger partial charge in [-0.1, -0.05) is 32.0 Å². The first-order valence-corrected chi connectivity index (χ1v) is 7.87. The fraction of sp³-hybridized carbons (Fsp3) is 0.500. The van der Waals surface area contributed by atoms with Gasteiger partial charge in [-0.05, 0) is 37.8 Å². The van der Waals surface area contributed by atoms with Crippen molar-refractivity contribution in [3.8, 4) is 5.69 Å². The van der Waals surface area contributed by atoms with Gasteiger partial charge in [-0.15, -0.1) is 0 Å². The molecule has 2 N–H and O–H groups in total. The van der Waals surface area contributed by atoms with E-state index in [0.717, 1.165) is 30.9 Å². The molecule has 1 heterocycles. The predicted molar refractivity (Wildman–Crippen MR) is 90.1 cm³/mol. The fourth-order valence-electron chi connectivity index (χ4n) is 2.79. The van der Waals surface area contributed by atoms with Gasteiger partial charge in [0.25, 0.3) is 0 Å². The van der Waals surface area contributed by atoms with Gasteiger partial charge in [0.2, 0.25) is 0 Å². The van der Waals surface area contributed by atoms with Gasteiger partial charge in [-0.25, -0.2) is 4.68 Å². The first-order valence-electron chi connectivity index (χ1n) is 7.87. The Morgan fingerprint density at radius 1 is 1.27 bits per heavy atom. The van der Waals surface area contributed by atoms with Crippen LogP contribution in [0.25, 0.3) is 5.69 Å². The highest BCUT2D eigenvalue weighted by atomic mass is 16.3. The van der Waals surface area contributed by atoms with Crippen LogP contribution in [0.2, 0.25) is 0 Å². The summed E-state index contributed by atoms with van der Waals surface area (Å²) < 4.78 is 1.92. The van der Waals surface area contributed by atoms with Gasteiger partial charge in [0.15, 0.2) is 0 Å². The zero-order valence-electron chi connectivity index (χ0n) is 14.0. The number of aliphatic hydroxyl groups excluding tert-OH is 1. The molecule has 4 nitrogen and oxygen atoms in total. The Hall–Kier alpha value is -1.65. The highest BCUT2D eigenvalue weighted by molar-refractivity contribution is 5.32. The minimum atomic E-state index is -0.264.